The lowest BCUT2D eigenvalue weighted by atomic mass is 10.1. The molecular formula is C17H17N3O. The van der Waals surface area contributed by atoms with Gasteiger partial charge in [0, 0.05) is 24.0 Å². The van der Waals surface area contributed by atoms with E-state index in [0.29, 0.717) is 19.5 Å². The number of pyridine rings is 1. The molecular weight excluding hydrogens is 262 g/mol. The molecule has 1 aromatic heterocycles. The Morgan fingerprint density at radius 2 is 2.00 bits per heavy atom. The van der Waals surface area contributed by atoms with Crippen LogP contribution in [0.4, 0.5) is 0 Å². The highest BCUT2D eigenvalue weighted by molar-refractivity contribution is 5.78. The Bertz CT molecular complexity index is 639. The van der Waals surface area contributed by atoms with E-state index < -0.39 is 0 Å². The summed E-state index contributed by atoms with van der Waals surface area (Å²) in [6, 6.07) is 13.3. The molecule has 21 heavy (non-hydrogen) atoms. The van der Waals surface area contributed by atoms with Crippen molar-refractivity contribution >= 4 is 5.91 Å². The van der Waals surface area contributed by atoms with E-state index in [4.69, 9.17) is 5.73 Å². The third kappa shape index (κ3) is 5.09. The first kappa shape index (κ1) is 14.8. The molecule has 0 saturated heterocycles. The Labute approximate surface area is 124 Å². The van der Waals surface area contributed by atoms with Gasteiger partial charge in [0.15, 0.2) is 0 Å². The van der Waals surface area contributed by atoms with Crippen LogP contribution in [0.25, 0.3) is 0 Å². The molecule has 0 atom stereocenters. The molecule has 1 heterocycles. The molecule has 0 radical (unpaired) electrons. The van der Waals surface area contributed by atoms with E-state index in [9.17, 15) is 4.79 Å². The van der Waals surface area contributed by atoms with Crippen molar-refractivity contribution in [3.63, 3.8) is 0 Å². The van der Waals surface area contributed by atoms with Gasteiger partial charge in [-0.2, -0.15) is 0 Å². The molecule has 0 saturated carbocycles. The van der Waals surface area contributed by atoms with Crippen LogP contribution in [0, 0.1) is 11.8 Å². The highest BCUT2D eigenvalue weighted by Gasteiger charge is 2.03. The Morgan fingerprint density at radius 1 is 1.19 bits per heavy atom. The van der Waals surface area contributed by atoms with Crippen LogP contribution in [-0.4, -0.2) is 17.4 Å². The maximum atomic E-state index is 11.8. The minimum Gasteiger partial charge on any atom is -0.352 e. The predicted molar refractivity (Wildman–Crippen MR) is 82.2 cm³/mol. The molecule has 3 N–H and O–H groups in total. The number of benzene rings is 1. The highest BCUT2D eigenvalue weighted by Crippen LogP contribution is 2.03. The van der Waals surface area contributed by atoms with Crippen LogP contribution in [0.15, 0.2) is 48.7 Å². The van der Waals surface area contributed by atoms with Gasteiger partial charge in [0.25, 0.3) is 0 Å². The third-order valence-electron chi connectivity index (χ3n) is 2.85. The van der Waals surface area contributed by atoms with Crippen molar-refractivity contribution < 1.29 is 4.79 Å². The summed E-state index contributed by atoms with van der Waals surface area (Å²) < 4.78 is 0. The van der Waals surface area contributed by atoms with Crippen LogP contribution in [-0.2, 0) is 17.8 Å². The molecule has 4 heteroatoms. The van der Waals surface area contributed by atoms with Crippen molar-refractivity contribution in [1.82, 2.24) is 10.3 Å². The van der Waals surface area contributed by atoms with Gasteiger partial charge in [-0.3, -0.25) is 9.78 Å². The number of amides is 1. The molecule has 2 aromatic rings. The maximum absolute atomic E-state index is 11.8. The van der Waals surface area contributed by atoms with Crippen LogP contribution in [0.2, 0.25) is 0 Å². The van der Waals surface area contributed by atoms with Gasteiger partial charge in [-0.05, 0) is 29.8 Å². The summed E-state index contributed by atoms with van der Waals surface area (Å²) in [6.45, 7) is 0.849. The summed E-state index contributed by atoms with van der Waals surface area (Å²) in [4.78, 5) is 15.9. The zero-order chi connectivity index (χ0) is 14.9. The van der Waals surface area contributed by atoms with Crippen molar-refractivity contribution in [2.24, 2.45) is 5.73 Å². The number of carbonyl (C=O) groups excluding carboxylic acids is 1. The molecule has 0 spiro atoms. The summed E-state index contributed by atoms with van der Waals surface area (Å²) >= 11 is 0. The average molecular weight is 279 g/mol. The lowest BCUT2D eigenvalue weighted by Crippen LogP contribution is -2.24. The lowest BCUT2D eigenvalue weighted by molar-refractivity contribution is -0.120. The van der Waals surface area contributed by atoms with E-state index in [1.54, 1.807) is 6.20 Å². The first-order valence-corrected chi connectivity index (χ1v) is 6.72. The second-order valence-corrected chi connectivity index (χ2v) is 4.48. The molecule has 0 unspecified atom stereocenters. The molecule has 2 rings (SSSR count). The first-order chi connectivity index (χ1) is 10.3. The predicted octanol–water partition coefficient (Wildman–Crippen LogP) is 1.25. The van der Waals surface area contributed by atoms with Gasteiger partial charge < -0.3 is 11.1 Å². The molecule has 0 aliphatic carbocycles. The number of hydrogen-bond acceptors (Lipinski definition) is 3. The standard InChI is InChI=1S/C17H17N3O/c18-10-3-4-14-6-8-15(9-7-14)13-20-17(21)12-16-5-1-2-11-19-16/h1-2,5-9,11H,10,12-13,18H2,(H,20,21). The van der Waals surface area contributed by atoms with Gasteiger partial charge in [-0.1, -0.05) is 30.0 Å². The van der Waals surface area contributed by atoms with E-state index in [1.807, 2.05) is 42.5 Å². The fraction of sp³-hybridized carbons (Fsp3) is 0.176. The molecule has 1 amide bonds. The number of nitrogens with two attached hydrogens (primary N) is 1. The Hall–Kier alpha value is -2.64. The SMILES string of the molecule is NCC#Cc1ccc(CNC(=O)Cc2ccccn2)cc1. The van der Waals surface area contributed by atoms with E-state index in [1.165, 1.54) is 0 Å². The average Bonchev–Trinajstić information content (AvgIpc) is 2.53. The largest absolute Gasteiger partial charge is 0.352 e. The first-order valence-electron chi connectivity index (χ1n) is 6.72. The van der Waals surface area contributed by atoms with Gasteiger partial charge in [0.05, 0.1) is 13.0 Å². The van der Waals surface area contributed by atoms with Crippen molar-refractivity contribution in [2.45, 2.75) is 13.0 Å². The molecule has 0 aliphatic heterocycles. The number of rotatable bonds is 4. The Balaban J connectivity index is 1.84. The van der Waals surface area contributed by atoms with Crippen LogP contribution in [0.5, 0.6) is 0 Å². The van der Waals surface area contributed by atoms with Gasteiger partial charge >= 0.3 is 0 Å². The molecule has 0 fully saturated rings. The lowest BCUT2D eigenvalue weighted by Gasteiger charge is -2.05. The smallest absolute Gasteiger partial charge is 0.226 e. The van der Waals surface area contributed by atoms with E-state index in [-0.39, 0.29) is 5.91 Å². The monoisotopic (exact) mass is 279 g/mol. The fourth-order valence-electron chi connectivity index (χ4n) is 1.79. The second kappa shape index (κ2) is 7.83. The van der Waals surface area contributed by atoms with Crippen molar-refractivity contribution in [1.29, 1.82) is 0 Å². The van der Waals surface area contributed by atoms with Crippen LogP contribution in [0.1, 0.15) is 16.8 Å². The minimum absolute atomic E-state index is 0.0410. The van der Waals surface area contributed by atoms with Crippen molar-refractivity contribution in [3.8, 4) is 11.8 Å². The zero-order valence-electron chi connectivity index (χ0n) is 11.7. The number of carbonyl (C=O) groups is 1. The summed E-state index contributed by atoms with van der Waals surface area (Å²) in [5, 5.41) is 2.88. The number of aromatic nitrogens is 1. The quantitative estimate of drug-likeness (QED) is 0.828. The van der Waals surface area contributed by atoms with Gasteiger partial charge in [0.2, 0.25) is 5.91 Å². The van der Waals surface area contributed by atoms with Gasteiger partial charge in [-0.15, -0.1) is 0 Å². The van der Waals surface area contributed by atoms with E-state index in [2.05, 4.69) is 22.1 Å². The molecule has 106 valence electrons. The topological polar surface area (TPSA) is 68.0 Å². The number of nitrogens with one attached hydrogen (secondary N) is 1. The fourth-order valence-corrected chi connectivity index (χ4v) is 1.79. The summed E-state index contributed by atoms with van der Waals surface area (Å²) in [5.74, 6) is 5.72. The Kier molecular flexibility index (Phi) is 5.50. The summed E-state index contributed by atoms with van der Waals surface area (Å²) in [5.41, 5.74) is 8.04. The van der Waals surface area contributed by atoms with Crippen LogP contribution in [0.3, 0.4) is 0 Å². The highest BCUT2D eigenvalue weighted by atomic mass is 16.1. The van der Waals surface area contributed by atoms with Crippen molar-refractivity contribution in [3.05, 3.63) is 65.5 Å². The molecule has 1 aromatic carbocycles. The zero-order valence-corrected chi connectivity index (χ0v) is 11.7. The van der Waals surface area contributed by atoms with Gasteiger partial charge in [-0.25, -0.2) is 0 Å². The maximum Gasteiger partial charge on any atom is 0.226 e. The number of nitrogens with zero attached hydrogens (tertiary/aromatic N) is 1. The second-order valence-electron chi connectivity index (χ2n) is 4.48. The van der Waals surface area contributed by atoms with Crippen molar-refractivity contribution in [2.75, 3.05) is 6.54 Å². The third-order valence-corrected chi connectivity index (χ3v) is 2.85. The summed E-state index contributed by atoms with van der Waals surface area (Å²) in [7, 11) is 0. The van der Waals surface area contributed by atoms with E-state index in [0.717, 1.165) is 16.8 Å². The molecule has 0 aliphatic rings. The van der Waals surface area contributed by atoms with E-state index >= 15 is 0 Å². The summed E-state index contributed by atoms with van der Waals surface area (Å²) in [6.07, 6.45) is 1.98. The van der Waals surface area contributed by atoms with Crippen LogP contribution < -0.4 is 11.1 Å². The number of hydrogen-bond donors (Lipinski definition) is 2. The molecule has 0 bridgehead atoms. The van der Waals surface area contributed by atoms with Crippen LogP contribution >= 0.6 is 0 Å². The Morgan fingerprint density at radius 3 is 2.67 bits per heavy atom. The minimum atomic E-state index is -0.0410. The van der Waals surface area contributed by atoms with Gasteiger partial charge in [0.1, 0.15) is 0 Å². The molecule has 4 nitrogen and oxygen atoms in total. The normalized spacial score (nSPS) is 9.57.